The standard InChI is InChI=1S/C8H14O5/c1-2-10-3-4-12-8(9)7-5-11-6-13-7/h7H,2-6H2,1H3. The maximum Gasteiger partial charge on any atom is 0.337 e. The molecular weight excluding hydrogens is 176 g/mol. The average Bonchev–Trinajstić information content (AvgIpc) is 2.65. The van der Waals surface area contributed by atoms with Gasteiger partial charge in [0.05, 0.1) is 13.2 Å². The predicted octanol–water partition coefficient (Wildman–Crippen LogP) is -0.0610. The van der Waals surface area contributed by atoms with Crippen LogP contribution in [-0.4, -0.2) is 45.3 Å². The van der Waals surface area contributed by atoms with Gasteiger partial charge in [0, 0.05) is 6.61 Å². The van der Waals surface area contributed by atoms with Crippen molar-refractivity contribution in [1.29, 1.82) is 0 Å². The Balaban J connectivity index is 2.03. The van der Waals surface area contributed by atoms with Gasteiger partial charge in [-0.05, 0) is 6.92 Å². The van der Waals surface area contributed by atoms with Crippen LogP contribution in [0.25, 0.3) is 0 Å². The summed E-state index contributed by atoms with van der Waals surface area (Å²) in [5.74, 6) is -0.378. The number of carbonyl (C=O) groups is 1. The van der Waals surface area contributed by atoms with Crippen molar-refractivity contribution in [2.24, 2.45) is 0 Å². The minimum absolute atomic E-state index is 0.172. The van der Waals surface area contributed by atoms with Crippen molar-refractivity contribution in [2.75, 3.05) is 33.2 Å². The normalized spacial score (nSPS) is 21.8. The first-order valence-corrected chi connectivity index (χ1v) is 4.28. The van der Waals surface area contributed by atoms with E-state index in [-0.39, 0.29) is 26.0 Å². The van der Waals surface area contributed by atoms with Crippen LogP contribution in [0.3, 0.4) is 0 Å². The lowest BCUT2D eigenvalue weighted by molar-refractivity contribution is -0.155. The molecule has 0 aliphatic carbocycles. The van der Waals surface area contributed by atoms with E-state index >= 15 is 0 Å². The van der Waals surface area contributed by atoms with E-state index in [2.05, 4.69) is 0 Å². The van der Waals surface area contributed by atoms with Crippen LogP contribution in [0.15, 0.2) is 0 Å². The highest BCUT2D eigenvalue weighted by molar-refractivity contribution is 5.75. The van der Waals surface area contributed by atoms with Crippen molar-refractivity contribution >= 4 is 5.97 Å². The van der Waals surface area contributed by atoms with Crippen molar-refractivity contribution in [1.82, 2.24) is 0 Å². The van der Waals surface area contributed by atoms with Gasteiger partial charge in [-0.25, -0.2) is 4.79 Å². The van der Waals surface area contributed by atoms with E-state index in [0.717, 1.165) is 0 Å². The van der Waals surface area contributed by atoms with Crippen LogP contribution in [0.2, 0.25) is 0 Å². The van der Waals surface area contributed by atoms with Crippen LogP contribution < -0.4 is 0 Å². The molecule has 0 aromatic carbocycles. The minimum atomic E-state index is -0.554. The molecule has 0 spiro atoms. The van der Waals surface area contributed by atoms with Crippen LogP contribution in [0.1, 0.15) is 6.92 Å². The van der Waals surface area contributed by atoms with E-state index in [1.165, 1.54) is 0 Å². The molecular formula is C8H14O5. The molecule has 0 saturated carbocycles. The molecule has 1 aliphatic rings. The molecule has 0 radical (unpaired) electrons. The molecule has 1 aliphatic heterocycles. The van der Waals surface area contributed by atoms with Gasteiger partial charge in [0.15, 0.2) is 6.10 Å². The molecule has 1 fully saturated rings. The fourth-order valence-electron chi connectivity index (χ4n) is 0.908. The van der Waals surface area contributed by atoms with Crippen LogP contribution in [0, 0.1) is 0 Å². The second kappa shape index (κ2) is 5.90. The van der Waals surface area contributed by atoms with Crippen molar-refractivity contribution in [2.45, 2.75) is 13.0 Å². The van der Waals surface area contributed by atoms with Crippen LogP contribution in [0.5, 0.6) is 0 Å². The van der Waals surface area contributed by atoms with Crippen LogP contribution in [0.4, 0.5) is 0 Å². The summed E-state index contributed by atoms with van der Waals surface area (Å²) >= 11 is 0. The highest BCUT2D eigenvalue weighted by Crippen LogP contribution is 2.04. The van der Waals surface area contributed by atoms with Gasteiger partial charge in [-0.2, -0.15) is 0 Å². The van der Waals surface area contributed by atoms with E-state index in [9.17, 15) is 4.79 Å². The molecule has 1 heterocycles. The summed E-state index contributed by atoms with van der Waals surface area (Å²) < 4.78 is 19.6. The Labute approximate surface area is 76.9 Å². The van der Waals surface area contributed by atoms with Crippen molar-refractivity contribution in [3.63, 3.8) is 0 Å². The third-order valence-electron chi connectivity index (χ3n) is 1.56. The first kappa shape index (κ1) is 10.4. The third-order valence-corrected chi connectivity index (χ3v) is 1.56. The molecule has 1 saturated heterocycles. The zero-order valence-electron chi connectivity index (χ0n) is 7.65. The van der Waals surface area contributed by atoms with Gasteiger partial charge < -0.3 is 18.9 Å². The summed E-state index contributed by atoms with van der Waals surface area (Å²) in [4.78, 5) is 11.1. The van der Waals surface area contributed by atoms with Crippen molar-refractivity contribution < 1.29 is 23.7 Å². The maximum absolute atomic E-state index is 11.1. The minimum Gasteiger partial charge on any atom is -0.461 e. The lowest BCUT2D eigenvalue weighted by Crippen LogP contribution is -2.26. The highest BCUT2D eigenvalue weighted by Gasteiger charge is 2.25. The van der Waals surface area contributed by atoms with E-state index in [1.807, 2.05) is 6.92 Å². The third kappa shape index (κ3) is 3.71. The summed E-state index contributed by atoms with van der Waals surface area (Å²) in [6, 6.07) is 0. The first-order chi connectivity index (χ1) is 6.34. The highest BCUT2D eigenvalue weighted by atomic mass is 16.7. The van der Waals surface area contributed by atoms with Gasteiger partial charge in [0.1, 0.15) is 13.4 Å². The van der Waals surface area contributed by atoms with Gasteiger partial charge in [-0.3, -0.25) is 0 Å². The largest absolute Gasteiger partial charge is 0.461 e. The summed E-state index contributed by atoms with van der Waals surface area (Å²) in [6.07, 6.45) is -0.554. The Hall–Kier alpha value is -0.650. The SMILES string of the molecule is CCOCCOC(=O)C1COCO1. The summed E-state index contributed by atoms with van der Waals surface area (Å²) in [5.41, 5.74) is 0. The lowest BCUT2D eigenvalue weighted by atomic mass is 10.4. The quantitative estimate of drug-likeness (QED) is 0.449. The van der Waals surface area contributed by atoms with Crippen LogP contribution >= 0.6 is 0 Å². The zero-order valence-corrected chi connectivity index (χ0v) is 7.65. The van der Waals surface area contributed by atoms with Crippen molar-refractivity contribution in [3.05, 3.63) is 0 Å². The maximum atomic E-state index is 11.1. The fourth-order valence-corrected chi connectivity index (χ4v) is 0.908. The van der Waals surface area contributed by atoms with Gasteiger partial charge in [0.25, 0.3) is 0 Å². The molecule has 0 amide bonds. The monoisotopic (exact) mass is 190 g/mol. The lowest BCUT2D eigenvalue weighted by Gasteiger charge is -2.07. The second-order valence-electron chi connectivity index (χ2n) is 2.51. The zero-order chi connectivity index (χ0) is 9.52. The molecule has 1 rings (SSSR count). The number of carbonyl (C=O) groups excluding carboxylic acids is 1. The van der Waals surface area contributed by atoms with Gasteiger partial charge in [0.2, 0.25) is 0 Å². The predicted molar refractivity (Wildman–Crippen MR) is 43.1 cm³/mol. The molecule has 13 heavy (non-hydrogen) atoms. The molecule has 76 valence electrons. The Morgan fingerprint density at radius 1 is 1.54 bits per heavy atom. The number of hydrogen-bond donors (Lipinski definition) is 0. The van der Waals surface area contributed by atoms with E-state index < -0.39 is 6.10 Å². The molecule has 0 aromatic heterocycles. The first-order valence-electron chi connectivity index (χ1n) is 4.28. The molecule has 1 unspecified atom stereocenters. The Bertz CT molecular complexity index is 153. The van der Waals surface area contributed by atoms with Gasteiger partial charge in [-0.1, -0.05) is 0 Å². The Kier molecular flexibility index (Phi) is 4.74. The van der Waals surface area contributed by atoms with Crippen LogP contribution in [-0.2, 0) is 23.7 Å². The Morgan fingerprint density at radius 2 is 2.38 bits per heavy atom. The van der Waals surface area contributed by atoms with E-state index in [1.54, 1.807) is 0 Å². The smallest absolute Gasteiger partial charge is 0.337 e. The second-order valence-corrected chi connectivity index (χ2v) is 2.51. The summed E-state index contributed by atoms with van der Waals surface area (Å²) in [6.45, 7) is 3.66. The molecule has 1 atom stereocenters. The number of rotatable bonds is 5. The van der Waals surface area contributed by atoms with Gasteiger partial charge >= 0.3 is 5.97 Å². The van der Waals surface area contributed by atoms with Gasteiger partial charge in [-0.15, -0.1) is 0 Å². The summed E-state index contributed by atoms with van der Waals surface area (Å²) in [7, 11) is 0. The molecule has 0 N–H and O–H groups in total. The number of hydrogen-bond acceptors (Lipinski definition) is 5. The topological polar surface area (TPSA) is 54.0 Å². The van der Waals surface area contributed by atoms with E-state index in [0.29, 0.717) is 13.2 Å². The van der Waals surface area contributed by atoms with E-state index in [4.69, 9.17) is 18.9 Å². The molecule has 5 nitrogen and oxygen atoms in total. The number of esters is 1. The average molecular weight is 190 g/mol. The number of ether oxygens (including phenoxy) is 4. The molecule has 0 aromatic rings. The fraction of sp³-hybridized carbons (Fsp3) is 0.875. The summed E-state index contributed by atoms with van der Waals surface area (Å²) in [5, 5.41) is 0. The molecule has 0 bridgehead atoms. The Morgan fingerprint density at radius 3 is 3.00 bits per heavy atom. The van der Waals surface area contributed by atoms with Crippen molar-refractivity contribution in [3.8, 4) is 0 Å². The molecule has 5 heteroatoms.